The van der Waals surface area contributed by atoms with Crippen molar-refractivity contribution in [3.8, 4) is 0 Å². The smallest absolute Gasteiger partial charge is 0.255 e. The van der Waals surface area contributed by atoms with Crippen LogP contribution in [0, 0.1) is 0 Å². The lowest BCUT2D eigenvalue weighted by molar-refractivity contribution is 0.0938. The van der Waals surface area contributed by atoms with E-state index in [-0.39, 0.29) is 17.8 Å². The van der Waals surface area contributed by atoms with Crippen LogP contribution in [0.2, 0.25) is 0 Å². The zero-order valence-corrected chi connectivity index (χ0v) is 12.2. The molecule has 0 radical (unpaired) electrons. The van der Waals surface area contributed by atoms with Gasteiger partial charge in [-0.3, -0.25) is 9.69 Å². The first-order valence-electron chi connectivity index (χ1n) is 6.59. The summed E-state index contributed by atoms with van der Waals surface area (Å²) in [6.45, 7) is 2.04. The zero-order valence-electron chi connectivity index (χ0n) is 10.6. The minimum Gasteiger partial charge on any atom is -0.383 e. The maximum atomic E-state index is 12.2. The van der Waals surface area contributed by atoms with E-state index in [4.69, 9.17) is 5.73 Å². The number of carbonyl (C=O) groups is 1. The number of nitrogen functional groups attached to an aromatic ring is 1. The zero-order chi connectivity index (χ0) is 13.4. The summed E-state index contributed by atoms with van der Waals surface area (Å²) in [5.41, 5.74) is 6.19. The predicted molar refractivity (Wildman–Crippen MR) is 76.8 cm³/mol. The second-order valence-corrected chi connectivity index (χ2v) is 6.19. The highest BCUT2D eigenvalue weighted by Crippen LogP contribution is 2.29. The summed E-state index contributed by atoms with van der Waals surface area (Å²) in [6, 6.07) is 2.71. The average Bonchev–Trinajstić information content (AvgIpc) is 3.13. The lowest BCUT2D eigenvalue weighted by atomic mass is 10.2. The van der Waals surface area contributed by atoms with Crippen LogP contribution in [-0.2, 0) is 0 Å². The summed E-state index contributed by atoms with van der Waals surface area (Å²) in [4.78, 5) is 18.6. The largest absolute Gasteiger partial charge is 0.383 e. The van der Waals surface area contributed by atoms with E-state index >= 15 is 0 Å². The topological polar surface area (TPSA) is 71.2 Å². The fourth-order valence-electron chi connectivity index (χ4n) is 2.57. The molecule has 1 unspecified atom stereocenters. The number of aromatic nitrogens is 1. The van der Waals surface area contributed by atoms with E-state index in [0.29, 0.717) is 5.56 Å². The molecular formula is C13H17BrN4O. The van der Waals surface area contributed by atoms with Crippen molar-refractivity contribution in [3.63, 3.8) is 0 Å². The number of nitrogens with zero attached hydrogens (tertiary/aromatic N) is 2. The molecule has 3 N–H and O–H groups in total. The molecule has 1 saturated heterocycles. The fraction of sp³-hybridized carbons (Fsp3) is 0.538. The predicted octanol–water partition coefficient (Wildman–Crippen LogP) is 1.39. The van der Waals surface area contributed by atoms with Crippen molar-refractivity contribution in [1.29, 1.82) is 0 Å². The quantitative estimate of drug-likeness (QED) is 0.881. The van der Waals surface area contributed by atoms with E-state index in [1.807, 2.05) is 0 Å². The molecule has 19 heavy (non-hydrogen) atoms. The number of carbonyl (C=O) groups excluding carboxylic acids is 1. The molecular weight excluding hydrogens is 308 g/mol. The summed E-state index contributed by atoms with van der Waals surface area (Å²) < 4.78 is 0.762. The van der Waals surface area contributed by atoms with Gasteiger partial charge in [-0.05, 0) is 41.3 Å². The highest BCUT2D eigenvalue weighted by atomic mass is 79.9. The molecule has 3 rings (SSSR count). The number of pyridine rings is 1. The van der Waals surface area contributed by atoms with Crippen molar-refractivity contribution in [2.24, 2.45) is 0 Å². The Morgan fingerprint density at radius 3 is 3.00 bits per heavy atom. The van der Waals surface area contributed by atoms with Gasteiger partial charge in [-0.15, -0.1) is 0 Å². The fourth-order valence-corrected chi connectivity index (χ4v) is 2.90. The molecule has 2 fully saturated rings. The van der Waals surface area contributed by atoms with Gasteiger partial charge in [-0.1, -0.05) is 0 Å². The number of nitrogens with one attached hydrogen (secondary N) is 1. The minimum atomic E-state index is -0.131. The van der Waals surface area contributed by atoms with Gasteiger partial charge in [0.05, 0.1) is 5.56 Å². The van der Waals surface area contributed by atoms with Crippen molar-refractivity contribution in [2.75, 3.05) is 18.8 Å². The number of hydrogen-bond acceptors (Lipinski definition) is 4. The van der Waals surface area contributed by atoms with Crippen molar-refractivity contribution in [3.05, 3.63) is 22.3 Å². The van der Waals surface area contributed by atoms with Gasteiger partial charge in [-0.2, -0.15) is 0 Å². The van der Waals surface area contributed by atoms with Gasteiger partial charge in [-0.25, -0.2) is 4.98 Å². The molecule has 0 aromatic carbocycles. The van der Waals surface area contributed by atoms with E-state index in [0.717, 1.165) is 30.0 Å². The second-order valence-electron chi connectivity index (χ2n) is 5.27. The van der Waals surface area contributed by atoms with E-state index in [9.17, 15) is 4.79 Å². The third-order valence-electron chi connectivity index (χ3n) is 3.75. The molecule has 1 amide bonds. The SMILES string of the molecule is Nc1ncc(Br)cc1C(=O)NC1CCN(C2CC2)C1. The monoisotopic (exact) mass is 324 g/mol. The van der Waals surface area contributed by atoms with Gasteiger partial charge in [0.25, 0.3) is 5.91 Å². The molecule has 6 heteroatoms. The maximum absolute atomic E-state index is 12.2. The number of halogens is 1. The number of hydrogen-bond donors (Lipinski definition) is 2. The molecule has 2 heterocycles. The second kappa shape index (κ2) is 5.09. The number of rotatable bonds is 3. The van der Waals surface area contributed by atoms with Crippen LogP contribution in [0.25, 0.3) is 0 Å². The Labute approximate surface area is 120 Å². The van der Waals surface area contributed by atoms with Crippen molar-refractivity contribution in [2.45, 2.75) is 31.3 Å². The Bertz CT molecular complexity index is 503. The van der Waals surface area contributed by atoms with Crippen LogP contribution >= 0.6 is 15.9 Å². The van der Waals surface area contributed by atoms with Gasteiger partial charge in [0.15, 0.2) is 0 Å². The average molecular weight is 325 g/mol. The maximum Gasteiger partial charge on any atom is 0.255 e. The first kappa shape index (κ1) is 12.9. The molecule has 1 aliphatic heterocycles. The van der Waals surface area contributed by atoms with E-state index in [1.54, 1.807) is 12.3 Å². The summed E-state index contributed by atoms with van der Waals surface area (Å²) in [7, 11) is 0. The Hall–Kier alpha value is -1.14. The normalized spacial score (nSPS) is 23.5. The molecule has 1 saturated carbocycles. The van der Waals surface area contributed by atoms with E-state index in [2.05, 4.69) is 31.1 Å². The third-order valence-corrected chi connectivity index (χ3v) is 4.18. The van der Waals surface area contributed by atoms with Gasteiger partial charge in [0.2, 0.25) is 0 Å². The first-order valence-corrected chi connectivity index (χ1v) is 7.38. The standard InChI is InChI=1S/C13H17BrN4O/c14-8-5-11(12(15)16-6-8)13(19)17-9-3-4-18(7-9)10-1-2-10/h5-6,9-10H,1-4,7H2,(H2,15,16)(H,17,19). The molecule has 2 aliphatic rings. The summed E-state index contributed by atoms with van der Waals surface area (Å²) in [5, 5.41) is 3.05. The summed E-state index contributed by atoms with van der Waals surface area (Å²) in [6.07, 6.45) is 5.23. The minimum absolute atomic E-state index is 0.131. The molecule has 1 aromatic heterocycles. The molecule has 1 atom stereocenters. The van der Waals surface area contributed by atoms with Crippen LogP contribution in [0.3, 0.4) is 0 Å². The first-order chi connectivity index (χ1) is 9.13. The van der Waals surface area contributed by atoms with Crippen molar-refractivity contribution < 1.29 is 4.79 Å². The lowest BCUT2D eigenvalue weighted by Crippen LogP contribution is -2.37. The van der Waals surface area contributed by atoms with Crippen LogP contribution in [0.5, 0.6) is 0 Å². The number of likely N-dealkylation sites (tertiary alicyclic amines) is 1. The highest BCUT2D eigenvalue weighted by molar-refractivity contribution is 9.10. The molecule has 1 aromatic rings. The van der Waals surface area contributed by atoms with Crippen LogP contribution in [0.4, 0.5) is 5.82 Å². The lowest BCUT2D eigenvalue weighted by Gasteiger charge is -2.16. The van der Waals surface area contributed by atoms with Crippen LogP contribution in [0.1, 0.15) is 29.6 Å². The van der Waals surface area contributed by atoms with Crippen molar-refractivity contribution >= 4 is 27.7 Å². The Balaban J connectivity index is 1.63. The van der Waals surface area contributed by atoms with Crippen LogP contribution in [0.15, 0.2) is 16.7 Å². The van der Waals surface area contributed by atoms with E-state index in [1.165, 1.54) is 12.8 Å². The molecule has 1 aliphatic carbocycles. The summed E-state index contributed by atoms with van der Waals surface area (Å²) in [5.74, 6) is 0.145. The van der Waals surface area contributed by atoms with E-state index < -0.39 is 0 Å². The number of anilines is 1. The Kier molecular flexibility index (Phi) is 3.45. The van der Waals surface area contributed by atoms with Gasteiger partial charge in [0, 0.05) is 35.8 Å². The highest BCUT2D eigenvalue weighted by Gasteiger charge is 2.34. The van der Waals surface area contributed by atoms with Gasteiger partial charge >= 0.3 is 0 Å². The van der Waals surface area contributed by atoms with Gasteiger partial charge in [0.1, 0.15) is 5.82 Å². The molecule has 0 spiro atoms. The Morgan fingerprint density at radius 1 is 1.47 bits per heavy atom. The molecule has 102 valence electrons. The van der Waals surface area contributed by atoms with Crippen LogP contribution in [-0.4, -0.2) is 41.0 Å². The van der Waals surface area contributed by atoms with Gasteiger partial charge < -0.3 is 11.1 Å². The number of nitrogens with two attached hydrogens (primary N) is 1. The van der Waals surface area contributed by atoms with Crippen LogP contribution < -0.4 is 11.1 Å². The summed E-state index contributed by atoms with van der Waals surface area (Å²) >= 11 is 3.31. The Morgan fingerprint density at radius 2 is 2.26 bits per heavy atom. The third kappa shape index (κ3) is 2.90. The molecule has 0 bridgehead atoms. The molecule has 5 nitrogen and oxygen atoms in total. The number of amides is 1. The van der Waals surface area contributed by atoms with Crippen molar-refractivity contribution in [1.82, 2.24) is 15.2 Å².